The first-order valence-electron chi connectivity index (χ1n) is 8.17. The summed E-state index contributed by atoms with van der Waals surface area (Å²) in [5, 5.41) is 19.0. The fourth-order valence-electron chi connectivity index (χ4n) is 2.94. The highest BCUT2D eigenvalue weighted by Crippen LogP contribution is 2.32. The molecule has 1 atom stereocenters. The van der Waals surface area contributed by atoms with E-state index >= 15 is 0 Å². The maximum atomic E-state index is 12.5. The van der Waals surface area contributed by atoms with Crippen LogP contribution in [0, 0.1) is 5.41 Å². The van der Waals surface area contributed by atoms with Crippen molar-refractivity contribution in [2.24, 2.45) is 15.5 Å². The second-order valence-corrected chi connectivity index (χ2v) is 7.29. The lowest BCUT2D eigenvalue weighted by Gasteiger charge is -2.32. The number of piperidine rings is 1. The molecule has 2 aliphatic heterocycles. The third-order valence-corrected chi connectivity index (χ3v) is 5.39. The van der Waals surface area contributed by atoms with E-state index in [2.05, 4.69) is 20.1 Å². The van der Waals surface area contributed by atoms with E-state index < -0.39 is 11.0 Å². The standard InChI is InChI=1S/C16H23N5O2S/c1-2-18-15(20-24(23)14-5-3-13(22)4-6-14)21-12-16(11-19-21)7-9-17-10-8-16/h3-6,11,17,22H,2,7-10,12H2,1H3,(H,18,20). The van der Waals surface area contributed by atoms with Crippen LogP contribution in [-0.2, 0) is 11.0 Å². The van der Waals surface area contributed by atoms with Gasteiger partial charge in [-0.3, -0.25) is 9.71 Å². The number of phenols is 1. The predicted molar refractivity (Wildman–Crippen MR) is 95.4 cm³/mol. The van der Waals surface area contributed by atoms with E-state index in [0.717, 1.165) is 32.5 Å². The highest BCUT2D eigenvalue weighted by molar-refractivity contribution is 7.83. The van der Waals surface area contributed by atoms with Crippen molar-refractivity contribution in [3.8, 4) is 5.75 Å². The average Bonchev–Trinajstić information content (AvgIpc) is 2.99. The molecule has 1 aromatic carbocycles. The first-order valence-corrected chi connectivity index (χ1v) is 9.32. The summed E-state index contributed by atoms with van der Waals surface area (Å²) in [7, 11) is -1.46. The van der Waals surface area contributed by atoms with Gasteiger partial charge in [0.15, 0.2) is 11.0 Å². The Balaban J connectivity index is 1.69. The van der Waals surface area contributed by atoms with Gasteiger partial charge >= 0.3 is 0 Å². The molecule has 0 aromatic heterocycles. The Kier molecular flexibility index (Phi) is 5.15. The van der Waals surface area contributed by atoms with Crippen LogP contribution < -0.4 is 10.0 Å². The van der Waals surface area contributed by atoms with E-state index in [1.54, 1.807) is 12.1 Å². The highest BCUT2D eigenvalue weighted by Gasteiger charge is 2.38. The molecule has 1 unspecified atom stereocenters. The van der Waals surface area contributed by atoms with E-state index in [0.29, 0.717) is 17.4 Å². The zero-order valence-electron chi connectivity index (χ0n) is 13.7. The first-order chi connectivity index (χ1) is 11.6. The molecular formula is C16H23N5O2S. The van der Waals surface area contributed by atoms with Crippen LogP contribution in [0.2, 0.25) is 0 Å². The SMILES string of the molecule is CCN=C(NS(=O)c1ccc(O)cc1)N1CC2(C=N1)CCNCC2. The maximum absolute atomic E-state index is 12.5. The number of aromatic hydroxyl groups is 1. The van der Waals surface area contributed by atoms with Crippen molar-refractivity contribution in [3.63, 3.8) is 0 Å². The number of hydrazone groups is 1. The first kappa shape index (κ1) is 16.9. The van der Waals surface area contributed by atoms with Gasteiger partial charge in [0.05, 0.1) is 11.4 Å². The summed E-state index contributed by atoms with van der Waals surface area (Å²) in [6, 6.07) is 6.29. The second-order valence-electron chi connectivity index (χ2n) is 6.08. The van der Waals surface area contributed by atoms with Crippen LogP contribution in [0.4, 0.5) is 0 Å². The summed E-state index contributed by atoms with van der Waals surface area (Å²) in [6.07, 6.45) is 4.12. The molecule has 1 fully saturated rings. The molecule has 0 radical (unpaired) electrons. The highest BCUT2D eigenvalue weighted by atomic mass is 32.2. The Labute approximate surface area is 144 Å². The van der Waals surface area contributed by atoms with Crippen LogP contribution in [0.5, 0.6) is 5.75 Å². The summed E-state index contributed by atoms with van der Waals surface area (Å²) >= 11 is 0. The van der Waals surface area contributed by atoms with Crippen LogP contribution in [-0.4, -0.2) is 52.7 Å². The van der Waals surface area contributed by atoms with Crippen molar-refractivity contribution in [2.75, 3.05) is 26.2 Å². The quantitative estimate of drug-likeness (QED) is 0.562. The minimum Gasteiger partial charge on any atom is -0.508 e. The minimum atomic E-state index is -1.46. The molecule has 3 N–H and O–H groups in total. The van der Waals surface area contributed by atoms with E-state index in [1.165, 1.54) is 12.1 Å². The lowest BCUT2D eigenvalue weighted by atomic mass is 9.81. The number of benzene rings is 1. The molecule has 0 bridgehead atoms. The van der Waals surface area contributed by atoms with Gasteiger partial charge in [0.2, 0.25) is 5.96 Å². The van der Waals surface area contributed by atoms with Crippen molar-refractivity contribution < 1.29 is 9.32 Å². The molecule has 1 saturated heterocycles. The zero-order valence-corrected chi connectivity index (χ0v) is 14.6. The molecule has 1 aromatic rings. The molecule has 8 heteroatoms. The molecule has 3 rings (SSSR count). The summed E-state index contributed by atoms with van der Waals surface area (Å²) in [5.74, 6) is 0.672. The monoisotopic (exact) mass is 349 g/mol. The van der Waals surface area contributed by atoms with E-state index in [1.807, 2.05) is 18.1 Å². The molecule has 0 amide bonds. The molecule has 2 heterocycles. The number of rotatable bonds is 3. The van der Waals surface area contributed by atoms with Crippen LogP contribution in [0.25, 0.3) is 0 Å². The van der Waals surface area contributed by atoms with Crippen molar-refractivity contribution in [1.29, 1.82) is 0 Å². The number of guanidine groups is 1. The fourth-order valence-corrected chi connectivity index (χ4v) is 3.78. The largest absolute Gasteiger partial charge is 0.508 e. The van der Waals surface area contributed by atoms with Gasteiger partial charge < -0.3 is 10.4 Å². The number of nitrogens with zero attached hydrogens (tertiary/aromatic N) is 3. The van der Waals surface area contributed by atoms with Crippen LogP contribution >= 0.6 is 0 Å². The van der Waals surface area contributed by atoms with Crippen LogP contribution in [0.1, 0.15) is 19.8 Å². The van der Waals surface area contributed by atoms with Gasteiger partial charge in [-0.15, -0.1) is 0 Å². The number of phenolic OH excluding ortho intramolecular Hbond substituents is 1. The van der Waals surface area contributed by atoms with Gasteiger partial charge in [-0.25, -0.2) is 9.22 Å². The molecular weight excluding hydrogens is 326 g/mol. The Bertz CT molecular complexity index is 653. The summed E-state index contributed by atoms with van der Waals surface area (Å²) < 4.78 is 15.5. The minimum absolute atomic E-state index is 0.0848. The van der Waals surface area contributed by atoms with Gasteiger partial charge in [0.1, 0.15) is 5.75 Å². The summed E-state index contributed by atoms with van der Waals surface area (Å²) in [6.45, 7) is 5.26. The van der Waals surface area contributed by atoms with Crippen molar-refractivity contribution in [2.45, 2.75) is 24.7 Å². The number of aliphatic imine (C=N–C) groups is 1. The molecule has 24 heavy (non-hydrogen) atoms. The normalized spacial score (nSPS) is 21.2. The Morgan fingerprint density at radius 2 is 2.12 bits per heavy atom. The van der Waals surface area contributed by atoms with Crippen LogP contribution in [0.3, 0.4) is 0 Å². The lowest BCUT2D eigenvalue weighted by Crippen LogP contribution is -2.44. The van der Waals surface area contributed by atoms with Crippen molar-refractivity contribution >= 4 is 23.2 Å². The number of hydrogen-bond acceptors (Lipinski definition) is 5. The van der Waals surface area contributed by atoms with E-state index in [-0.39, 0.29) is 11.2 Å². The van der Waals surface area contributed by atoms with Gasteiger partial charge in [-0.1, -0.05) is 0 Å². The lowest BCUT2D eigenvalue weighted by molar-refractivity contribution is 0.265. The Morgan fingerprint density at radius 1 is 1.42 bits per heavy atom. The van der Waals surface area contributed by atoms with Crippen molar-refractivity contribution in [3.05, 3.63) is 24.3 Å². The van der Waals surface area contributed by atoms with Gasteiger partial charge in [-0.2, -0.15) is 5.10 Å². The zero-order chi connectivity index (χ0) is 17.0. The smallest absolute Gasteiger partial charge is 0.227 e. The summed E-state index contributed by atoms with van der Waals surface area (Å²) in [5.41, 5.74) is 0.0848. The van der Waals surface area contributed by atoms with Gasteiger partial charge in [-0.05, 0) is 57.1 Å². The second kappa shape index (κ2) is 7.31. The Hall–Kier alpha value is -1.93. The van der Waals surface area contributed by atoms with Crippen molar-refractivity contribution in [1.82, 2.24) is 15.0 Å². The molecule has 1 spiro atoms. The van der Waals surface area contributed by atoms with Crippen LogP contribution in [0.15, 0.2) is 39.3 Å². The number of nitrogens with one attached hydrogen (secondary N) is 2. The molecule has 0 aliphatic carbocycles. The average molecular weight is 349 g/mol. The van der Waals surface area contributed by atoms with E-state index in [4.69, 9.17) is 0 Å². The Morgan fingerprint density at radius 3 is 2.79 bits per heavy atom. The third kappa shape index (κ3) is 3.76. The maximum Gasteiger partial charge on any atom is 0.227 e. The molecule has 2 aliphatic rings. The topological polar surface area (TPSA) is 89.3 Å². The molecule has 7 nitrogen and oxygen atoms in total. The molecule has 130 valence electrons. The molecule has 0 saturated carbocycles. The van der Waals surface area contributed by atoms with Gasteiger partial charge in [0, 0.05) is 18.2 Å². The third-order valence-electron chi connectivity index (χ3n) is 4.32. The summed E-state index contributed by atoms with van der Waals surface area (Å²) in [4.78, 5) is 5.01. The predicted octanol–water partition coefficient (Wildman–Crippen LogP) is 1.05. The fraction of sp³-hybridized carbons (Fsp3) is 0.500. The van der Waals surface area contributed by atoms with E-state index in [9.17, 15) is 9.32 Å². The number of hydrogen-bond donors (Lipinski definition) is 3. The van der Waals surface area contributed by atoms with Gasteiger partial charge in [0.25, 0.3) is 0 Å².